The maximum atomic E-state index is 3.94. The molecule has 1 N–H and O–H groups in total. The highest BCUT2D eigenvalue weighted by atomic mass is 32.1. The fourth-order valence-electron chi connectivity index (χ4n) is 3.74. The summed E-state index contributed by atoms with van der Waals surface area (Å²) in [6.45, 7) is 7.05. The molecule has 0 radical (unpaired) electrons. The molecule has 2 heteroatoms. The topological polar surface area (TPSA) is 12.0 Å². The van der Waals surface area contributed by atoms with Gasteiger partial charge < -0.3 is 5.32 Å². The molecule has 0 bridgehead atoms. The lowest BCUT2D eigenvalue weighted by molar-refractivity contribution is 0.331. The van der Waals surface area contributed by atoms with Crippen molar-refractivity contribution < 1.29 is 0 Å². The maximum absolute atomic E-state index is 3.94. The van der Waals surface area contributed by atoms with E-state index in [-0.39, 0.29) is 0 Å². The molecule has 3 atom stereocenters. The SMILES string of the molecule is Cc1c(C(C)NC2CCCCCC2C)sc2ccccc12. The third-order valence-corrected chi connectivity index (χ3v) is 6.55. The minimum Gasteiger partial charge on any atom is -0.306 e. The maximum Gasteiger partial charge on any atom is 0.0391 e. The summed E-state index contributed by atoms with van der Waals surface area (Å²) < 4.78 is 1.42. The van der Waals surface area contributed by atoms with Crippen molar-refractivity contribution in [1.82, 2.24) is 5.32 Å². The van der Waals surface area contributed by atoms with Crippen molar-refractivity contribution in [3.05, 3.63) is 34.7 Å². The van der Waals surface area contributed by atoms with E-state index in [9.17, 15) is 0 Å². The monoisotopic (exact) mass is 301 g/mol. The van der Waals surface area contributed by atoms with E-state index in [1.165, 1.54) is 52.6 Å². The van der Waals surface area contributed by atoms with Crippen molar-refractivity contribution in [3.63, 3.8) is 0 Å². The summed E-state index contributed by atoms with van der Waals surface area (Å²) in [5.74, 6) is 0.810. The van der Waals surface area contributed by atoms with Gasteiger partial charge in [0.1, 0.15) is 0 Å². The first kappa shape index (κ1) is 15.1. The Bertz CT molecular complexity index is 601. The highest BCUT2D eigenvalue weighted by Gasteiger charge is 2.23. The van der Waals surface area contributed by atoms with E-state index in [0.29, 0.717) is 12.1 Å². The van der Waals surface area contributed by atoms with Crippen LogP contribution in [0.3, 0.4) is 0 Å². The summed E-state index contributed by atoms with van der Waals surface area (Å²) >= 11 is 1.96. The van der Waals surface area contributed by atoms with Gasteiger partial charge in [0, 0.05) is 21.7 Å². The third kappa shape index (κ3) is 3.17. The van der Waals surface area contributed by atoms with Gasteiger partial charge in [0.2, 0.25) is 0 Å². The van der Waals surface area contributed by atoms with Crippen molar-refractivity contribution in [2.24, 2.45) is 5.92 Å². The van der Waals surface area contributed by atoms with E-state index >= 15 is 0 Å². The second-order valence-corrected chi connectivity index (χ2v) is 7.78. The molecule has 1 nitrogen and oxygen atoms in total. The van der Waals surface area contributed by atoms with E-state index in [4.69, 9.17) is 0 Å². The van der Waals surface area contributed by atoms with Crippen LogP contribution in [0.2, 0.25) is 0 Å². The van der Waals surface area contributed by atoms with Crippen molar-refractivity contribution in [1.29, 1.82) is 0 Å². The Kier molecular flexibility index (Phi) is 4.66. The molecule has 1 saturated carbocycles. The Morgan fingerprint density at radius 1 is 1.14 bits per heavy atom. The molecule has 114 valence electrons. The van der Waals surface area contributed by atoms with Crippen LogP contribution in [0.15, 0.2) is 24.3 Å². The highest BCUT2D eigenvalue weighted by molar-refractivity contribution is 7.19. The molecule has 1 aliphatic carbocycles. The van der Waals surface area contributed by atoms with E-state index in [1.807, 2.05) is 11.3 Å². The molecule has 2 aromatic rings. The van der Waals surface area contributed by atoms with Crippen LogP contribution in [0.1, 0.15) is 62.4 Å². The fourth-order valence-corrected chi connectivity index (χ4v) is 4.97. The number of nitrogens with one attached hydrogen (secondary N) is 1. The van der Waals surface area contributed by atoms with Gasteiger partial charge in [-0.1, -0.05) is 44.4 Å². The molecule has 3 rings (SSSR count). The quantitative estimate of drug-likeness (QED) is 0.703. The first-order chi connectivity index (χ1) is 10.2. The molecule has 0 amide bonds. The Morgan fingerprint density at radius 3 is 2.71 bits per heavy atom. The minimum atomic E-state index is 0.466. The van der Waals surface area contributed by atoms with Crippen molar-refractivity contribution in [2.45, 2.75) is 65.0 Å². The number of rotatable bonds is 3. The first-order valence-corrected chi connectivity index (χ1v) is 9.22. The highest BCUT2D eigenvalue weighted by Crippen LogP contribution is 2.35. The smallest absolute Gasteiger partial charge is 0.0391 e. The molecule has 1 fully saturated rings. The Hall–Kier alpha value is -0.860. The molecular weight excluding hydrogens is 274 g/mol. The van der Waals surface area contributed by atoms with Crippen LogP contribution in [-0.2, 0) is 0 Å². The average molecular weight is 301 g/mol. The number of fused-ring (bicyclic) bond motifs is 1. The van der Waals surface area contributed by atoms with Gasteiger partial charge in [-0.2, -0.15) is 0 Å². The zero-order chi connectivity index (χ0) is 14.8. The number of hydrogen-bond acceptors (Lipinski definition) is 2. The van der Waals surface area contributed by atoms with Gasteiger partial charge in [-0.15, -0.1) is 11.3 Å². The standard InChI is InChI=1S/C19H27NS/c1-13-9-5-4-6-11-17(13)20-15(3)19-14(2)16-10-7-8-12-18(16)21-19/h7-8,10,12-13,15,17,20H,4-6,9,11H2,1-3H3. The zero-order valence-corrected chi connectivity index (χ0v) is 14.3. The zero-order valence-electron chi connectivity index (χ0n) is 13.5. The number of benzene rings is 1. The molecule has 0 saturated heterocycles. The lowest BCUT2D eigenvalue weighted by Crippen LogP contribution is -2.36. The van der Waals surface area contributed by atoms with Crippen LogP contribution in [0.4, 0.5) is 0 Å². The summed E-state index contributed by atoms with van der Waals surface area (Å²) in [4.78, 5) is 1.52. The van der Waals surface area contributed by atoms with Crippen LogP contribution in [0.5, 0.6) is 0 Å². The molecule has 1 heterocycles. The van der Waals surface area contributed by atoms with Crippen LogP contribution >= 0.6 is 11.3 Å². The largest absolute Gasteiger partial charge is 0.306 e. The van der Waals surface area contributed by atoms with E-state index in [0.717, 1.165) is 5.92 Å². The molecule has 0 spiro atoms. The summed E-state index contributed by atoms with van der Waals surface area (Å²) in [5.41, 5.74) is 1.47. The lowest BCUT2D eigenvalue weighted by Gasteiger charge is -2.27. The normalized spacial score (nSPS) is 24.9. The minimum absolute atomic E-state index is 0.466. The first-order valence-electron chi connectivity index (χ1n) is 8.41. The second-order valence-electron chi connectivity index (χ2n) is 6.70. The van der Waals surface area contributed by atoms with Gasteiger partial charge in [-0.05, 0) is 49.6 Å². The van der Waals surface area contributed by atoms with Crippen molar-refractivity contribution in [3.8, 4) is 0 Å². The molecule has 1 aliphatic rings. The van der Waals surface area contributed by atoms with E-state index in [2.05, 4.69) is 50.4 Å². The summed E-state index contributed by atoms with van der Waals surface area (Å²) in [5, 5.41) is 5.37. The van der Waals surface area contributed by atoms with Crippen LogP contribution in [0.25, 0.3) is 10.1 Å². The summed E-state index contributed by atoms with van der Waals surface area (Å²) in [7, 11) is 0. The third-order valence-electron chi connectivity index (χ3n) is 5.10. The number of thiophene rings is 1. The van der Waals surface area contributed by atoms with E-state index in [1.54, 1.807) is 0 Å². The predicted octanol–water partition coefficient (Wildman–Crippen LogP) is 5.83. The number of aryl methyl sites for hydroxylation is 1. The summed E-state index contributed by atoms with van der Waals surface area (Å²) in [6.07, 6.45) is 6.94. The van der Waals surface area contributed by atoms with Gasteiger partial charge in [0.05, 0.1) is 0 Å². The molecule has 1 aromatic heterocycles. The Labute approximate surface area is 132 Å². The molecule has 3 unspecified atom stereocenters. The molecular formula is C19H27NS. The Balaban J connectivity index is 1.80. The lowest BCUT2D eigenvalue weighted by atomic mass is 9.96. The van der Waals surface area contributed by atoms with Gasteiger partial charge in [0.25, 0.3) is 0 Å². The van der Waals surface area contributed by atoms with Gasteiger partial charge in [-0.25, -0.2) is 0 Å². The van der Waals surface area contributed by atoms with Crippen molar-refractivity contribution in [2.75, 3.05) is 0 Å². The van der Waals surface area contributed by atoms with Gasteiger partial charge in [-0.3, -0.25) is 0 Å². The van der Waals surface area contributed by atoms with Crippen LogP contribution in [-0.4, -0.2) is 6.04 Å². The fraction of sp³-hybridized carbons (Fsp3) is 0.579. The van der Waals surface area contributed by atoms with Crippen molar-refractivity contribution >= 4 is 21.4 Å². The van der Waals surface area contributed by atoms with Gasteiger partial charge in [0.15, 0.2) is 0 Å². The summed E-state index contributed by atoms with van der Waals surface area (Å²) in [6, 6.07) is 9.95. The average Bonchev–Trinajstić information content (AvgIpc) is 2.69. The molecule has 21 heavy (non-hydrogen) atoms. The van der Waals surface area contributed by atoms with Gasteiger partial charge >= 0.3 is 0 Å². The predicted molar refractivity (Wildman–Crippen MR) is 94.1 cm³/mol. The van der Waals surface area contributed by atoms with Crippen LogP contribution in [0, 0.1) is 12.8 Å². The second kappa shape index (κ2) is 6.50. The molecule has 0 aliphatic heterocycles. The molecule has 1 aromatic carbocycles. The number of hydrogen-bond donors (Lipinski definition) is 1. The van der Waals surface area contributed by atoms with Crippen LogP contribution < -0.4 is 5.32 Å². The Morgan fingerprint density at radius 2 is 1.90 bits per heavy atom. The van der Waals surface area contributed by atoms with E-state index < -0.39 is 0 Å².